The van der Waals surface area contributed by atoms with E-state index in [2.05, 4.69) is 5.32 Å². The van der Waals surface area contributed by atoms with Crippen molar-refractivity contribution < 1.29 is 23.5 Å². The van der Waals surface area contributed by atoms with Gasteiger partial charge < -0.3 is 10.4 Å². The summed E-state index contributed by atoms with van der Waals surface area (Å²) in [6.07, 6.45) is 0.551. The number of carbonyl (C=O) groups excluding carboxylic acids is 1. The number of rotatable bonds is 4. The van der Waals surface area contributed by atoms with Crippen molar-refractivity contribution in [3.05, 3.63) is 29.8 Å². The van der Waals surface area contributed by atoms with Crippen LogP contribution in [0, 0.1) is 5.41 Å². The first-order valence-corrected chi connectivity index (χ1v) is 5.79. The second kappa shape index (κ2) is 4.29. The van der Waals surface area contributed by atoms with Gasteiger partial charge in [0.1, 0.15) is 5.41 Å². The van der Waals surface area contributed by atoms with E-state index >= 15 is 0 Å². The molecule has 2 N–H and O–H groups in total. The van der Waals surface area contributed by atoms with Gasteiger partial charge in [-0.15, -0.1) is 0 Å². The van der Waals surface area contributed by atoms with Crippen LogP contribution in [0.3, 0.4) is 0 Å². The number of alkyl halides is 2. The molecule has 19 heavy (non-hydrogen) atoms. The average molecular weight is 269 g/mol. The second-order valence-electron chi connectivity index (χ2n) is 4.81. The van der Waals surface area contributed by atoms with Crippen molar-refractivity contribution in [3.8, 4) is 0 Å². The lowest BCUT2D eigenvalue weighted by Gasteiger charge is -2.14. The van der Waals surface area contributed by atoms with Crippen molar-refractivity contribution in [1.29, 1.82) is 0 Å². The summed E-state index contributed by atoms with van der Waals surface area (Å²) in [6.45, 7) is 0.758. The molecule has 2 rings (SSSR count). The van der Waals surface area contributed by atoms with Crippen LogP contribution in [0.15, 0.2) is 24.3 Å². The van der Waals surface area contributed by atoms with Crippen LogP contribution >= 0.6 is 0 Å². The van der Waals surface area contributed by atoms with Crippen LogP contribution in [0.4, 0.5) is 14.5 Å². The third kappa shape index (κ3) is 2.57. The molecule has 1 amide bonds. The number of amides is 1. The molecule has 0 bridgehead atoms. The molecule has 0 aliphatic heterocycles. The van der Waals surface area contributed by atoms with E-state index in [9.17, 15) is 18.4 Å². The molecule has 1 aromatic carbocycles. The Balaban J connectivity index is 2.17. The fraction of sp³-hybridized carbons (Fsp3) is 0.385. The van der Waals surface area contributed by atoms with E-state index in [0.29, 0.717) is 0 Å². The van der Waals surface area contributed by atoms with E-state index in [1.165, 1.54) is 18.2 Å². The Morgan fingerprint density at radius 1 is 1.37 bits per heavy atom. The van der Waals surface area contributed by atoms with E-state index in [0.717, 1.165) is 13.0 Å². The number of nitrogens with one attached hydrogen (secondary N) is 1. The van der Waals surface area contributed by atoms with E-state index in [1.807, 2.05) is 0 Å². The molecule has 0 atom stereocenters. The Labute approximate surface area is 108 Å². The minimum absolute atomic E-state index is 0.177. The van der Waals surface area contributed by atoms with Gasteiger partial charge in [-0.3, -0.25) is 9.59 Å². The first kappa shape index (κ1) is 13.5. The highest BCUT2D eigenvalue weighted by Crippen LogP contribution is 2.46. The maximum atomic E-state index is 13.1. The number of carbonyl (C=O) groups is 2. The lowest BCUT2D eigenvalue weighted by molar-refractivity contribution is -0.147. The minimum atomic E-state index is -3.01. The summed E-state index contributed by atoms with van der Waals surface area (Å²) in [6, 6.07) is 5.24. The molecular formula is C13H13F2NO3. The number of aliphatic carboxylic acids is 1. The lowest BCUT2D eigenvalue weighted by atomic mass is 10.1. The van der Waals surface area contributed by atoms with Crippen LogP contribution in [0.25, 0.3) is 0 Å². The van der Waals surface area contributed by atoms with Gasteiger partial charge in [-0.1, -0.05) is 12.1 Å². The lowest BCUT2D eigenvalue weighted by Crippen LogP contribution is -2.31. The second-order valence-corrected chi connectivity index (χ2v) is 4.81. The number of hydrogen-bond donors (Lipinski definition) is 2. The molecule has 0 aromatic heterocycles. The fourth-order valence-corrected chi connectivity index (χ4v) is 1.78. The SMILES string of the molecule is CC(F)(F)c1cccc(NC(=O)C2(C(=O)O)CC2)c1. The van der Waals surface area contributed by atoms with Gasteiger partial charge in [0.15, 0.2) is 0 Å². The molecule has 1 fully saturated rings. The summed E-state index contributed by atoms with van der Waals surface area (Å²) in [5, 5.41) is 11.3. The molecule has 4 nitrogen and oxygen atoms in total. The molecule has 0 spiro atoms. The molecule has 102 valence electrons. The third-order valence-corrected chi connectivity index (χ3v) is 3.22. The topological polar surface area (TPSA) is 66.4 Å². The molecule has 0 radical (unpaired) electrons. The van der Waals surface area contributed by atoms with Gasteiger partial charge in [0, 0.05) is 18.2 Å². The smallest absolute Gasteiger partial charge is 0.319 e. The number of carboxylic acid groups (broad SMARTS) is 1. The Bertz CT molecular complexity index is 533. The molecule has 0 saturated heterocycles. The standard InChI is InChI=1S/C13H13F2NO3/c1-12(14,15)8-3-2-4-9(7-8)16-10(17)13(5-6-13)11(18)19/h2-4,7H,5-6H2,1H3,(H,16,17)(H,18,19). The Kier molecular flexibility index (Phi) is 3.04. The summed E-state index contributed by atoms with van der Waals surface area (Å²) < 4.78 is 26.3. The van der Waals surface area contributed by atoms with Crippen molar-refractivity contribution in [1.82, 2.24) is 0 Å². The van der Waals surface area contributed by atoms with Gasteiger partial charge in [-0.05, 0) is 25.0 Å². The molecule has 6 heteroatoms. The Morgan fingerprint density at radius 2 is 2.00 bits per heavy atom. The van der Waals surface area contributed by atoms with Crippen molar-refractivity contribution in [3.63, 3.8) is 0 Å². The van der Waals surface area contributed by atoms with Gasteiger partial charge in [0.2, 0.25) is 5.91 Å². The zero-order valence-electron chi connectivity index (χ0n) is 10.2. The maximum absolute atomic E-state index is 13.1. The highest BCUT2D eigenvalue weighted by atomic mass is 19.3. The predicted octanol–water partition coefficient (Wildman–Crippen LogP) is 2.60. The van der Waals surface area contributed by atoms with Crippen molar-refractivity contribution in [2.75, 3.05) is 5.32 Å². The molecular weight excluding hydrogens is 256 g/mol. The Morgan fingerprint density at radius 3 is 2.47 bits per heavy atom. The number of halogens is 2. The van der Waals surface area contributed by atoms with Crippen molar-refractivity contribution in [2.45, 2.75) is 25.7 Å². The fourth-order valence-electron chi connectivity index (χ4n) is 1.78. The van der Waals surface area contributed by atoms with E-state index in [1.54, 1.807) is 0 Å². The summed E-state index contributed by atoms with van der Waals surface area (Å²) in [5.74, 6) is -4.84. The van der Waals surface area contributed by atoms with Gasteiger partial charge in [-0.25, -0.2) is 8.78 Å². The van der Waals surface area contributed by atoms with E-state index in [-0.39, 0.29) is 24.1 Å². The first-order valence-electron chi connectivity index (χ1n) is 5.79. The molecule has 1 aliphatic carbocycles. The third-order valence-electron chi connectivity index (χ3n) is 3.22. The van der Waals surface area contributed by atoms with E-state index in [4.69, 9.17) is 5.11 Å². The number of anilines is 1. The largest absolute Gasteiger partial charge is 0.480 e. The Hall–Kier alpha value is -1.98. The zero-order valence-corrected chi connectivity index (χ0v) is 10.2. The normalized spacial score (nSPS) is 16.8. The highest BCUT2D eigenvalue weighted by Gasteiger charge is 2.57. The van der Waals surface area contributed by atoms with Crippen LogP contribution in [-0.4, -0.2) is 17.0 Å². The zero-order chi connectivity index (χ0) is 14.3. The molecule has 0 unspecified atom stereocenters. The monoisotopic (exact) mass is 269 g/mol. The van der Waals surface area contributed by atoms with Gasteiger partial charge in [-0.2, -0.15) is 0 Å². The van der Waals surface area contributed by atoms with Crippen LogP contribution < -0.4 is 5.32 Å². The summed E-state index contributed by atoms with van der Waals surface area (Å²) in [4.78, 5) is 22.8. The summed E-state index contributed by atoms with van der Waals surface area (Å²) in [5.41, 5.74) is -1.44. The van der Waals surface area contributed by atoms with Crippen LogP contribution in [-0.2, 0) is 15.5 Å². The average Bonchev–Trinajstić information content (AvgIpc) is 3.09. The van der Waals surface area contributed by atoms with Gasteiger partial charge in [0.05, 0.1) is 0 Å². The summed E-state index contributed by atoms with van der Waals surface area (Å²) >= 11 is 0. The maximum Gasteiger partial charge on any atom is 0.319 e. The molecule has 0 heterocycles. The molecule has 1 saturated carbocycles. The van der Waals surface area contributed by atoms with Crippen LogP contribution in [0.2, 0.25) is 0 Å². The van der Waals surface area contributed by atoms with Crippen molar-refractivity contribution >= 4 is 17.6 Å². The number of hydrogen-bond acceptors (Lipinski definition) is 2. The molecule has 1 aliphatic rings. The molecule has 1 aromatic rings. The summed E-state index contributed by atoms with van der Waals surface area (Å²) in [7, 11) is 0. The van der Waals surface area contributed by atoms with Crippen molar-refractivity contribution in [2.24, 2.45) is 5.41 Å². The number of carboxylic acids is 1. The van der Waals surface area contributed by atoms with Gasteiger partial charge in [0.25, 0.3) is 5.92 Å². The highest BCUT2D eigenvalue weighted by molar-refractivity contribution is 6.10. The first-order chi connectivity index (χ1) is 8.75. The minimum Gasteiger partial charge on any atom is -0.480 e. The quantitative estimate of drug-likeness (QED) is 0.826. The number of benzene rings is 1. The van der Waals surface area contributed by atoms with Crippen LogP contribution in [0.1, 0.15) is 25.3 Å². The van der Waals surface area contributed by atoms with Gasteiger partial charge >= 0.3 is 5.97 Å². The van der Waals surface area contributed by atoms with Crippen LogP contribution in [0.5, 0.6) is 0 Å². The predicted molar refractivity (Wildman–Crippen MR) is 63.9 cm³/mol. The van der Waals surface area contributed by atoms with E-state index < -0.39 is 23.2 Å².